The van der Waals surface area contributed by atoms with E-state index in [1.807, 2.05) is 30.6 Å². The first kappa shape index (κ1) is 13.0. The van der Waals surface area contributed by atoms with Gasteiger partial charge in [-0.1, -0.05) is 35.6 Å². The molecule has 23 heavy (non-hydrogen) atoms. The molecule has 1 aliphatic heterocycles. The Morgan fingerprint density at radius 3 is 2.87 bits per heavy atom. The number of thiophene rings is 1. The molecule has 0 atom stereocenters. The largest absolute Gasteiger partial charge is 0.447 e. The molecule has 3 heterocycles. The van der Waals surface area contributed by atoms with E-state index in [1.54, 1.807) is 11.3 Å². The van der Waals surface area contributed by atoms with Crippen molar-refractivity contribution in [1.29, 1.82) is 0 Å². The summed E-state index contributed by atoms with van der Waals surface area (Å²) in [5.41, 5.74) is 3.01. The first-order chi connectivity index (χ1) is 11.2. The molecule has 112 valence electrons. The lowest BCUT2D eigenvalue weighted by Gasteiger charge is -2.21. The number of hydrogen-bond donors (Lipinski definition) is 0. The lowest BCUT2D eigenvalue weighted by atomic mass is 9.93. The second-order valence-corrected chi connectivity index (χ2v) is 6.80. The molecule has 0 saturated heterocycles. The standard InChI is InChI=1S/C19H13FNOS/c1-10-6-7-11-4-3-5-13-15(11)14(10)17-18(22-13)16(20)12-8-9-23-19(12)21(17)2/h3-9H,1-2H3/q+1. The molecule has 0 fully saturated rings. The zero-order valence-electron chi connectivity index (χ0n) is 12.7. The Kier molecular flexibility index (Phi) is 2.43. The molecule has 0 spiro atoms. The van der Waals surface area contributed by atoms with E-state index in [0.717, 1.165) is 38.2 Å². The average molecular weight is 322 g/mol. The van der Waals surface area contributed by atoms with Crippen molar-refractivity contribution in [3.63, 3.8) is 0 Å². The highest BCUT2D eigenvalue weighted by Crippen LogP contribution is 2.48. The molecule has 2 aromatic heterocycles. The van der Waals surface area contributed by atoms with Crippen molar-refractivity contribution in [2.24, 2.45) is 7.05 Å². The van der Waals surface area contributed by atoms with E-state index >= 15 is 4.39 Å². The van der Waals surface area contributed by atoms with E-state index in [2.05, 4.69) is 29.7 Å². The fourth-order valence-corrected chi connectivity index (χ4v) is 4.40. The van der Waals surface area contributed by atoms with Gasteiger partial charge in [0.25, 0.3) is 10.5 Å². The molecule has 4 heteroatoms. The number of benzene rings is 2. The molecule has 2 nitrogen and oxygen atoms in total. The number of nitrogens with zero attached hydrogens (tertiary/aromatic N) is 1. The molecule has 0 unspecified atom stereocenters. The third-order valence-corrected chi connectivity index (χ3v) is 5.59. The van der Waals surface area contributed by atoms with Crippen LogP contribution in [0, 0.1) is 12.7 Å². The minimum Gasteiger partial charge on any atom is -0.447 e. The molecule has 0 N–H and O–H groups in total. The minimum absolute atomic E-state index is 0.278. The molecule has 0 bridgehead atoms. The summed E-state index contributed by atoms with van der Waals surface area (Å²) >= 11 is 1.54. The van der Waals surface area contributed by atoms with Crippen LogP contribution in [0.5, 0.6) is 11.5 Å². The lowest BCUT2D eigenvalue weighted by molar-refractivity contribution is -0.631. The van der Waals surface area contributed by atoms with Crippen molar-refractivity contribution in [2.45, 2.75) is 6.92 Å². The van der Waals surface area contributed by atoms with Gasteiger partial charge in [-0.25, -0.2) is 4.39 Å². The average Bonchev–Trinajstić information content (AvgIpc) is 3.05. The zero-order chi connectivity index (χ0) is 15.7. The number of ether oxygens (including phenoxy) is 1. The highest BCUT2D eigenvalue weighted by atomic mass is 32.1. The fourth-order valence-electron chi connectivity index (χ4n) is 3.53. The second kappa shape index (κ2) is 4.30. The van der Waals surface area contributed by atoms with Gasteiger partial charge in [-0.2, -0.15) is 4.57 Å². The molecule has 0 amide bonds. The third-order valence-electron chi connectivity index (χ3n) is 4.60. The summed E-state index contributed by atoms with van der Waals surface area (Å²) < 4.78 is 23.1. The highest BCUT2D eigenvalue weighted by molar-refractivity contribution is 7.16. The number of aryl methyl sites for hydroxylation is 2. The number of hydrogen-bond acceptors (Lipinski definition) is 2. The molecule has 5 rings (SSSR count). The Hall–Kier alpha value is -2.46. The molecule has 4 aromatic rings. The van der Waals surface area contributed by atoms with Crippen LogP contribution in [-0.4, -0.2) is 0 Å². The van der Waals surface area contributed by atoms with Crippen molar-refractivity contribution in [1.82, 2.24) is 0 Å². The topological polar surface area (TPSA) is 13.1 Å². The Morgan fingerprint density at radius 1 is 1.13 bits per heavy atom. The summed E-state index contributed by atoms with van der Waals surface area (Å²) in [5, 5.41) is 4.70. The maximum absolute atomic E-state index is 15.0. The van der Waals surface area contributed by atoms with Crippen LogP contribution in [0.2, 0.25) is 0 Å². The van der Waals surface area contributed by atoms with Crippen molar-refractivity contribution < 1.29 is 13.7 Å². The summed E-state index contributed by atoms with van der Waals surface area (Å²) in [6.07, 6.45) is 0. The van der Waals surface area contributed by atoms with E-state index in [1.165, 1.54) is 0 Å². The number of halogens is 1. The van der Waals surface area contributed by atoms with Crippen LogP contribution in [-0.2, 0) is 7.05 Å². The Labute approximate surface area is 136 Å². The first-order valence-corrected chi connectivity index (χ1v) is 8.34. The summed E-state index contributed by atoms with van der Waals surface area (Å²) in [6.45, 7) is 2.07. The number of rotatable bonds is 0. The summed E-state index contributed by atoms with van der Waals surface area (Å²) in [4.78, 5) is 0.917. The fraction of sp³-hybridized carbons (Fsp3) is 0.105. The van der Waals surface area contributed by atoms with Gasteiger partial charge in [-0.05, 0) is 35.4 Å². The van der Waals surface area contributed by atoms with E-state index in [9.17, 15) is 0 Å². The van der Waals surface area contributed by atoms with Crippen molar-refractivity contribution >= 4 is 32.3 Å². The van der Waals surface area contributed by atoms with Crippen LogP contribution in [0.4, 0.5) is 4.39 Å². The molecule has 0 saturated carbocycles. The van der Waals surface area contributed by atoms with Gasteiger partial charge in [0, 0.05) is 5.39 Å². The molecule has 1 aliphatic rings. The summed E-state index contributed by atoms with van der Waals surface area (Å²) in [5.74, 6) is 0.773. The van der Waals surface area contributed by atoms with E-state index in [4.69, 9.17) is 4.74 Å². The minimum atomic E-state index is -0.278. The highest BCUT2D eigenvalue weighted by Gasteiger charge is 2.34. The van der Waals surface area contributed by atoms with Gasteiger partial charge in [0.1, 0.15) is 12.8 Å². The van der Waals surface area contributed by atoms with Gasteiger partial charge < -0.3 is 4.74 Å². The van der Waals surface area contributed by atoms with Crippen molar-refractivity contribution in [2.75, 3.05) is 0 Å². The quantitative estimate of drug-likeness (QED) is 0.362. The van der Waals surface area contributed by atoms with Gasteiger partial charge in [-0.15, -0.1) is 0 Å². The SMILES string of the molecule is Cc1ccc2cccc3c2c1-c1c(c(F)c2ccsc2[n+]1C)O3. The number of fused-ring (bicyclic) bond motifs is 3. The molecule has 0 aliphatic carbocycles. The van der Waals surface area contributed by atoms with Gasteiger partial charge in [0.15, 0.2) is 5.82 Å². The smallest absolute Gasteiger partial charge is 0.272 e. The monoisotopic (exact) mass is 322 g/mol. The Morgan fingerprint density at radius 2 is 2.00 bits per heavy atom. The number of pyridine rings is 1. The van der Waals surface area contributed by atoms with Crippen LogP contribution in [0.3, 0.4) is 0 Å². The van der Waals surface area contributed by atoms with E-state index in [0.29, 0.717) is 11.1 Å². The predicted molar refractivity (Wildman–Crippen MR) is 90.7 cm³/mol. The van der Waals surface area contributed by atoms with Crippen LogP contribution in [0.15, 0.2) is 41.8 Å². The van der Waals surface area contributed by atoms with Crippen LogP contribution in [0.1, 0.15) is 5.56 Å². The Bertz CT molecular complexity index is 1130. The van der Waals surface area contributed by atoms with Crippen molar-refractivity contribution in [3.05, 3.63) is 53.2 Å². The van der Waals surface area contributed by atoms with Crippen LogP contribution in [0.25, 0.3) is 32.2 Å². The predicted octanol–water partition coefficient (Wildman–Crippen LogP) is 5.10. The van der Waals surface area contributed by atoms with Crippen LogP contribution < -0.4 is 9.30 Å². The molecular formula is C19H13FNOS+. The van der Waals surface area contributed by atoms with E-state index in [-0.39, 0.29) is 5.82 Å². The van der Waals surface area contributed by atoms with Gasteiger partial charge >= 0.3 is 0 Å². The lowest BCUT2D eigenvalue weighted by Crippen LogP contribution is -2.33. The zero-order valence-corrected chi connectivity index (χ0v) is 13.5. The molecule has 2 aromatic carbocycles. The normalized spacial score (nSPS) is 12.5. The third kappa shape index (κ3) is 1.54. The van der Waals surface area contributed by atoms with Gasteiger partial charge in [-0.3, -0.25) is 0 Å². The maximum Gasteiger partial charge on any atom is 0.272 e. The molecular weight excluding hydrogens is 309 g/mol. The first-order valence-electron chi connectivity index (χ1n) is 7.46. The van der Waals surface area contributed by atoms with Crippen LogP contribution >= 0.6 is 11.3 Å². The van der Waals surface area contributed by atoms with E-state index < -0.39 is 0 Å². The molecule has 0 radical (unpaired) electrons. The number of aromatic nitrogens is 1. The van der Waals surface area contributed by atoms with Gasteiger partial charge in [0.2, 0.25) is 5.75 Å². The van der Waals surface area contributed by atoms with Gasteiger partial charge in [0.05, 0.1) is 10.9 Å². The Balaban J connectivity index is 2.07. The maximum atomic E-state index is 15.0. The summed E-state index contributed by atoms with van der Waals surface area (Å²) in [7, 11) is 1.98. The van der Waals surface area contributed by atoms with Crippen molar-refractivity contribution in [3.8, 4) is 22.8 Å². The second-order valence-electron chi connectivity index (χ2n) is 5.90. The summed E-state index contributed by atoms with van der Waals surface area (Å²) in [6, 6.07) is 11.9.